The molecule has 0 amide bonds. The highest BCUT2D eigenvalue weighted by molar-refractivity contribution is 6.13. The molecule has 5 heteroatoms. The maximum Gasteiger partial charge on any atom is 0.419 e. The predicted molar refractivity (Wildman–Crippen MR) is 119 cm³/mol. The van der Waals surface area contributed by atoms with Crippen molar-refractivity contribution in [2.24, 2.45) is 5.92 Å². The molecule has 2 aromatic carbocycles. The van der Waals surface area contributed by atoms with E-state index >= 15 is 0 Å². The molecule has 1 aliphatic carbocycles. The van der Waals surface area contributed by atoms with Crippen LogP contribution in [0.4, 0.5) is 4.79 Å². The first-order valence-corrected chi connectivity index (χ1v) is 10.4. The van der Waals surface area contributed by atoms with Gasteiger partial charge in [-0.1, -0.05) is 54.6 Å². The summed E-state index contributed by atoms with van der Waals surface area (Å²) >= 11 is 0. The highest BCUT2D eigenvalue weighted by Crippen LogP contribution is 2.31. The number of carbonyl (C=O) groups is 3. The molecular formula is C26H25NO4. The van der Waals surface area contributed by atoms with E-state index in [0.29, 0.717) is 5.52 Å². The van der Waals surface area contributed by atoms with Crippen molar-refractivity contribution < 1.29 is 19.1 Å². The number of ketones is 2. The van der Waals surface area contributed by atoms with Gasteiger partial charge in [-0.05, 0) is 50.5 Å². The first-order chi connectivity index (χ1) is 14.7. The first kappa shape index (κ1) is 20.8. The summed E-state index contributed by atoms with van der Waals surface area (Å²) in [6.07, 6.45) is 4.63. The molecule has 2 unspecified atom stereocenters. The van der Waals surface area contributed by atoms with Gasteiger partial charge in [0.1, 0.15) is 5.60 Å². The van der Waals surface area contributed by atoms with E-state index in [9.17, 15) is 14.4 Å². The third-order valence-corrected chi connectivity index (χ3v) is 5.41. The Morgan fingerprint density at radius 2 is 1.68 bits per heavy atom. The van der Waals surface area contributed by atoms with Gasteiger partial charge < -0.3 is 4.74 Å². The van der Waals surface area contributed by atoms with Gasteiger partial charge in [0, 0.05) is 11.6 Å². The molecule has 1 heterocycles. The lowest BCUT2D eigenvalue weighted by atomic mass is 9.78. The van der Waals surface area contributed by atoms with Crippen molar-refractivity contribution in [3.05, 3.63) is 84.1 Å². The van der Waals surface area contributed by atoms with Crippen molar-refractivity contribution in [1.82, 2.24) is 4.57 Å². The summed E-state index contributed by atoms with van der Waals surface area (Å²) in [4.78, 5) is 38.6. The van der Waals surface area contributed by atoms with Gasteiger partial charge in [0.2, 0.25) is 0 Å². The van der Waals surface area contributed by atoms with E-state index in [4.69, 9.17) is 4.74 Å². The number of ether oxygens (including phenoxy) is 1. The zero-order chi connectivity index (χ0) is 22.2. The number of aromatic nitrogens is 1. The van der Waals surface area contributed by atoms with Gasteiger partial charge in [-0.15, -0.1) is 0 Å². The van der Waals surface area contributed by atoms with Crippen LogP contribution in [0.1, 0.15) is 37.8 Å². The van der Waals surface area contributed by atoms with Crippen molar-refractivity contribution in [3.63, 3.8) is 0 Å². The number of fused-ring (bicyclic) bond motifs is 1. The quantitative estimate of drug-likeness (QED) is 0.560. The van der Waals surface area contributed by atoms with Crippen LogP contribution in [0.15, 0.2) is 72.9 Å². The monoisotopic (exact) mass is 415 g/mol. The molecule has 0 bridgehead atoms. The smallest absolute Gasteiger partial charge is 0.419 e. The molecule has 1 aliphatic rings. The molecule has 3 aromatic rings. The minimum absolute atomic E-state index is 0.118. The standard InChI is InChI=1S/C26H25NO4/c1-26(2,3)31-25(30)27-16-18(19-11-7-8-12-22(19)27)15-21-23(28)14-13-20(24(21)29)17-9-5-4-6-10-17/h4-14,16,20-21H,15H2,1-3H3. The predicted octanol–water partition coefficient (Wildman–Crippen LogP) is 5.08. The van der Waals surface area contributed by atoms with Crippen LogP contribution in [0.5, 0.6) is 0 Å². The van der Waals surface area contributed by atoms with Crippen LogP contribution in [0.3, 0.4) is 0 Å². The molecule has 158 valence electrons. The Kier molecular flexibility index (Phi) is 5.36. The molecule has 5 nitrogen and oxygen atoms in total. The summed E-state index contributed by atoms with van der Waals surface area (Å²) in [6.45, 7) is 5.44. The van der Waals surface area contributed by atoms with Crippen molar-refractivity contribution in [2.75, 3.05) is 0 Å². The Hall–Kier alpha value is -3.47. The van der Waals surface area contributed by atoms with E-state index in [-0.39, 0.29) is 18.0 Å². The molecule has 0 fully saturated rings. The highest BCUT2D eigenvalue weighted by atomic mass is 16.6. The van der Waals surface area contributed by atoms with Gasteiger partial charge in [0.25, 0.3) is 0 Å². The Morgan fingerprint density at radius 3 is 2.39 bits per heavy atom. The number of nitrogens with zero attached hydrogens (tertiary/aromatic N) is 1. The fourth-order valence-corrected chi connectivity index (χ4v) is 3.99. The average Bonchev–Trinajstić information content (AvgIpc) is 3.09. The van der Waals surface area contributed by atoms with E-state index in [1.165, 1.54) is 10.6 Å². The van der Waals surface area contributed by atoms with Crippen molar-refractivity contribution in [1.29, 1.82) is 0 Å². The van der Waals surface area contributed by atoms with Crippen LogP contribution in [-0.2, 0) is 20.7 Å². The highest BCUT2D eigenvalue weighted by Gasteiger charge is 2.35. The van der Waals surface area contributed by atoms with E-state index in [0.717, 1.165) is 16.5 Å². The van der Waals surface area contributed by atoms with Gasteiger partial charge >= 0.3 is 6.09 Å². The summed E-state index contributed by atoms with van der Waals surface area (Å²) in [6, 6.07) is 16.9. The molecule has 0 saturated heterocycles. The van der Waals surface area contributed by atoms with Crippen LogP contribution in [0.25, 0.3) is 10.9 Å². The molecule has 0 N–H and O–H groups in total. The summed E-state index contributed by atoms with van der Waals surface area (Å²) < 4.78 is 6.99. The van der Waals surface area contributed by atoms with E-state index in [1.54, 1.807) is 12.3 Å². The Morgan fingerprint density at radius 1 is 1.00 bits per heavy atom. The number of carbonyl (C=O) groups excluding carboxylic acids is 3. The van der Waals surface area contributed by atoms with E-state index < -0.39 is 23.5 Å². The number of hydrogen-bond donors (Lipinski definition) is 0. The number of hydrogen-bond acceptors (Lipinski definition) is 4. The third kappa shape index (κ3) is 4.22. The number of benzene rings is 2. The van der Waals surface area contributed by atoms with Gasteiger partial charge in [-0.25, -0.2) is 4.79 Å². The second-order valence-electron chi connectivity index (χ2n) is 8.83. The molecule has 0 aliphatic heterocycles. The summed E-state index contributed by atoms with van der Waals surface area (Å²) in [5, 5.41) is 0.833. The second-order valence-corrected chi connectivity index (χ2v) is 8.83. The lowest BCUT2D eigenvalue weighted by Gasteiger charge is -2.22. The third-order valence-electron chi connectivity index (χ3n) is 5.41. The number of para-hydroxylation sites is 1. The van der Waals surface area contributed by atoms with Crippen molar-refractivity contribution in [3.8, 4) is 0 Å². The lowest BCUT2D eigenvalue weighted by Crippen LogP contribution is -2.32. The summed E-state index contributed by atoms with van der Waals surface area (Å²) in [7, 11) is 0. The zero-order valence-electron chi connectivity index (χ0n) is 17.9. The summed E-state index contributed by atoms with van der Waals surface area (Å²) in [5.41, 5.74) is 1.70. The number of Topliss-reactive ketones (excluding diaryl/α,β-unsaturated/α-hetero) is 1. The van der Waals surface area contributed by atoms with Gasteiger partial charge in [0.05, 0.1) is 17.4 Å². The Labute approximate surface area is 181 Å². The molecule has 31 heavy (non-hydrogen) atoms. The average molecular weight is 415 g/mol. The van der Waals surface area contributed by atoms with Crippen LogP contribution in [-0.4, -0.2) is 27.8 Å². The second kappa shape index (κ2) is 7.99. The van der Waals surface area contributed by atoms with Gasteiger partial charge in [-0.3, -0.25) is 14.2 Å². The van der Waals surface area contributed by atoms with Crippen LogP contribution < -0.4 is 0 Å². The van der Waals surface area contributed by atoms with E-state index in [1.807, 2.05) is 75.4 Å². The van der Waals surface area contributed by atoms with Crippen LogP contribution >= 0.6 is 0 Å². The molecule has 0 radical (unpaired) electrons. The molecule has 0 saturated carbocycles. The molecular weight excluding hydrogens is 390 g/mol. The zero-order valence-corrected chi connectivity index (χ0v) is 17.9. The SMILES string of the molecule is CC(C)(C)OC(=O)n1cc(CC2C(=O)C=CC(c3ccccc3)C2=O)c2ccccc21. The maximum atomic E-state index is 13.2. The fraction of sp³-hybridized carbons (Fsp3) is 0.269. The molecule has 0 spiro atoms. The van der Waals surface area contributed by atoms with E-state index in [2.05, 4.69) is 0 Å². The lowest BCUT2D eigenvalue weighted by molar-refractivity contribution is -0.131. The van der Waals surface area contributed by atoms with Crippen LogP contribution in [0, 0.1) is 5.92 Å². The molecule has 2 atom stereocenters. The fourth-order valence-electron chi connectivity index (χ4n) is 3.99. The summed E-state index contributed by atoms with van der Waals surface area (Å²) in [5.74, 6) is -1.55. The number of allylic oxidation sites excluding steroid dienone is 2. The van der Waals surface area contributed by atoms with Gasteiger partial charge in [-0.2, -0.15) is 0 Å². The first-order valence-electron chi connectivity index (χ1n) is 10.4. The molecule has 1 aromatic heterocycles. The largest absolute Gasteiger partial charge is 0.443 e. The number of rotatable bonds is 3. The van der Waals surface area contributed by atoms with Gasteiger partial charge in [0.15, 0.2) is 11.6 Å². The van der Waals surface area contributed by atoms with Crippen LogP contribution in [0.2, 0.25) is 0 Å². The normalized spacial score (nSPS) is 19.1. The molecule has 4 rings (SSSR count). The minimum Gasteiger partial charge on any atom is -0.443 e. The Bertz CT molecular complexity index is 1180. The van der Waals surface area contributed by atoms with Crippen molar-refractivity contribution >= 4 is 28.6 Å². The Balaban J connectivity index is 1.68. The van der Waals surface area contributed by atoms with Crippen molar-refractivity contribution in [2.45, 2.75) is 38.7 Å². The maximum absolute atomic E-state index is 13.2. The topological polar surface area (TPSA) is 65.4 Å². The minimum atomic E-state index is -0.784.